The summed E-state index contributed by atoms with van der Waals surface area (Å²) in [5.74, 6) is -1.91. The molecular weight excluding hydrogens is 450 g/mol. The lowest BCUT2D eigenvalue weighted by Gasteiger charge is -2.42. The van der Waals surface area contributed by atoms with Gasteiger partial charge in [0.15, 0.2) is 0 Å². The Bertz CT molecular complexity index is 1070. The molecule has 5 amide bonds. The van der Waals surface area contributed by atoms with E-state index in [0.29, 0.717) is 19.6 Å². The molecule has 3 aliphatic heterocycles. The third-order valence-electron chi connectivity index (χ3n) is 7.66. The Kier molecular flexibility index (Phi) is 6.41. The van der Waals surface area contributed by atoms with Crippen molar-refractivity contribution < 1.29 is 24.0 Å². The van der Waals surface area contributed by atoms with Gasteiger partial charge in [0.25, 0.3) is 11.8 Å². The Morgan fingerprint density at radius 2 is 1.71 bits per heavy atom. The molecule has 0 bridgehead atoms. The van der Waals surface area contributed by atoms with Gasteiger partial charge in [0.2, 0.25) is 17.7 Å². The molecule has 1 atom stereocenters. The van der Waals surface area contributed by atoms with E-state index in [0.717, 1.165) is 55.7 Å². The van der Waals surface area contributed by atoms with Gasteiger partial charge in [-0.25, -0.2) is 0 Å². The van der Waals surface area contributed by atoms with Crippen LogP contribution in [-0.4, -0.2) is 77.1 Å². The van der Waals surface area contributed by atoms with Crippen molar-refractivity contribution in [2.75, 3.05) is 26.2 Å². The summed E-state index contributed by atoms with van der Waals surface area (Å²) in [6.07, 6.45) is 4.86. The summed E-state index contributed by atoms with van der Waals surface area (Å²) >= 11 is 0. The van der Waals surface area contributed by atoms with Crippen LogP contribution in [0.5, 0.6) is 0 Å². The number of piperazine rings is 1. The van der Waals surface area contributed by atoms with E-state index < -0.39 is 35.2 Å². The monoisotopic (exact) mass is 481 g/mol. The van der Waals surface area contributed by atoms with Crippen molar-refractivity contribution >= 4 is 29.5 Å². The van der Waals surface area contributed by atoms with Crippen LogP contribution in [0.2, 0.25) is 0 Å². The molecule has 186 valence electrons. The molecule has 4 aliphatic rings. The first kappa shape index (κ1) is 23.6. The number of hydrogen-bond donors (Lipinski definition) is 3. The van der Waals surface area contributed by atoms with Crippen LogP contribution in [0.15, 0.2) is 18.2 Å². The molecule has 0 spiro atoms. The van der Waals surface area contributed by atoms with Gasteiger partial charge in [0, 0.05) is 39.1 Å². The van der Waals surface area contributed by atoms with Crippen LogP contribution in [-0.2, 0) is 20.9 Å². The Hall–Kier alpha value is -3.11. The summed E-state index contributed by atoms with van der Waals surface area (Å²) in [4.78, 5) is 66.3. The van der Waals surface area contributed by atoms with Crippen LogP contribution in [0.25, 0.3) is 0 Å². The standard InChI is InChI=1S/C25H31N5O5/c31-20-7-6-19(21(32)28-20)30-22(33)17-5-4-16(14-18(17)23(30)34)15-27-25(8-2-1-3-9-25)24(35)29-12-10-26-11-13-29/h4-5,14,19,26-27H,1-3,6-13,15H2,(H,28,31,32). The maximum absolute atomic E-state index is 13.5. The highest BCUT2D eigenvalue weighted by Gasteiger charge is 2.45. The number of imide groups is 2. The fourth-order valence-corrected chi connectivity index (χ4v) is 5.69. The predicted molar refractivity (Wildman–Crippen MR) is 125 cm³/mol. The van der Waals surface area contributed by atoms with Crippen molar-refractivity contribution in [2.24, 2.45) is 0 Å². The summed E-state index contributed by atoms with van der Waals surface area (Å²) in [6, 6.07) is 4.10. The molecular formula is C25H31N5O5. The topological polar surface area (TPSA) is 128 Å². The summed E-state index contributed by atoms with van der Waals surface area (Å²) in [7, 11) is 0. The van der Waals surface area contributed by atoms with Crippen LogP contribution >= 0.6 is 0 Å². The highest BCUT2D eigenvalue weighted by Crippen LogP contribution is 2.32. The summed E-state index contributed by atoms with van der Waals surface area (Å²) in [5, 5.41) is 9.03. The van der Waals surface area contributed by atoms with E-state index in [1.54, 1.807) is 18.2 Å². The molecule has 2 saturated heterocycles. The molecule has 3 heterocycles. The Balaban J connectivity index is 1.33. The average Bonchev–Trinajstić information content (AvgIpc) is 3.13. The number of amides is 5. The molecule has 1 saturated carbocycles. The minimum absolute atomic E-state index is 0.0855. The van der Waals surface area contributed by atoms with E-state index in [2.05, 4.69) is 16.0 Å². The van der Waals surface area contributed by atoms with Crippen LogP contribution in [0.3, 0.4) is 0 Å². The maximum atomic E-state index is 13.5. The number of nitrogens with one attached hydrogen (secondary N) is 3. The predicted octanol–water partition coefficient (Wildman–Crippen LogP) is 0.312. The number of carbonyl (C=O) groups excluding carboxylic acids is 5. The molecule has 1 aromatic carbocycles. The zero-order valence-corrected chi connectivity index (χ0v) is 19.7. The molecule has 1 unspecified atom stereocenters. The molecule has 0 radical (unpaired) electrons. The fourth-order valence-electron chi connectivity index (χ4n) is 5.69. The second-order valence-corrected chi connectivity index (χ2v) is 9.87. The van der Waals surface area contributed by atoms with Crippen molar-refractivity contribution in [1.29, 1.82) is 0 Å². The Labute approximate surface area is 203 Å². The highest BCUT2D eigenvalue weighted by molar-refractivity contribution is 6.23. The van der Waals surface area contributed by atoms with E-state index in [9.17, 15) is 24.0 Å². The SMILES string of the molecule is O=C1CCC(N2C(=O)c3ccc(CNC4(C(=O)N5CCNCC5)CCCCC4)cc3C2=O)C(=O)N1. The van der Waals surface area contributed by atoms with Crippen molar-refractivity contribution in [3.05, 3.63) is 34.9 Å². The zero-order valence-electron chi connectivity index (χ0n) is 19.7. The number of fused-ring (bicyclic) bond motifs is 1. The normalized spacial score (nSPS) is 24.4. The van der Waals surface area contributed by atoms with Gasteiger partial charge in [-0.05, 0) is 37.0 Å². The largest absolute Gasteiger partial charge is 0.339 e. The van der Waals surface area contributed by atoms with E-state index in [1.807, 2.05) is 4.90 Å². The van der Waals surface area contributed by atoms with Gasteiger partial charge in [0.1, 0.15) is 6.04 Å². The highest BCUT2D eigenvalue weighted by atomic mass is 16.2. The first-order valence-corrected chi connectivity index (χ1v) is 12.5. The minimum atomic E-state index is -0.983. The van der Waals surface area contributed by atoms with Crippen LogP contribution in [0.1, 0.15) is 71.2 Å². The molecule has 1 aliphatic carbocycles. The zero-order chi connectivity index (χ0) is 24.6. The number of hydrogen-bond acceptors (Lipinski definition) is 7. The quantitative estimate of drug-likeness (QED) is 0.517. The van der Waals surface area contributed by atoms with Crippen molar-refractivity contribution in [2.45, 2.75) is 63.1 Å². The van der Waals surface area contributed by atoms with E-state index in [1.165, 1.54) is 0 Å². The number of nitrogens with zero attached hydrogens (tertiary/aromatic N) is 2. The molecule has 35 heavy (non-hydrogen) atoms. The molecule has 10 nitrogen and oxygen atoms in total. The van der Waals surface area contributed by atoms with Gasteiger partial charge in [0.05, 0.1) is 16.7 Å². The van der Waals surface area contributed by atoms with Crippen LogP contribution in [0.4, 0.5) is 0 Å². The van der Waals surface area contributed by atoms with Crippen molar-refractivity contribution in [3.8, 4) is 0 Å². The maximum Gasteiger partial charge on any atom is 0.262 e. The summed E-state index contributed by atoms with van der Waals surface area (Å²) in [6.45, 7) is 3.39. The molecule has 10 heteroatoms. The second kappa shape index (κ2) is 9.50. The lowest BCUT2D eigenvalue weighted by molar-refractivity contribution is -0.140. The van der Waals surface area contributed by atoms with Crippen LogP contribution in [0, 0.1) is 0 Å². The number of benzene rings is 1. The number of rotatable bonds is 5. The number of piperidine rings is 1. The molecule has 5 rings (SSSR count). The lowest BCUT2D eigenvalue weighted by Crippen LogP contribution is -2.61. The first-order chi connectivity index (χ1) is 16.9. The summed E-state index contributed by atoms with van der Waals surface area (Å²) < 4.78 is 0. The first-order valence-electron chi connectivity index (χ1n) is 12.5. The lowest BCUT2D eigenvalue weighted by atomic mass is 9.80. The molecule has 1 aromatic rings. The fraction of sp³-hybridized carbons (Fsp3) is 0.560. The van der Waals surface area contributed by atoms with E-state index in [4.69, 9.17) is 0 Å². The van der Waals surface area contributed by atoms with Gasteiger partial charge in [-0.15, -0.1) is 0 Å². The minimum Gasteiger partial charge on any atom is -0.339 e. The second-order valence-electron chi connectivity index (χ2n) is 9.87. The van der Waals surface area contributed by atoms with Gasteiger partial charge < -0.3 is 10.2 Å². The third kappa shape index (κ3) is 4.36. The van der Waals surface area contributed by atoms with Gasteiger partial charge >= 0.3 is 0 Å². The molecule has 3 N–H and O–H groups in total. The molecule has 3 fully saturated rings. The number of carbonyl (C=O) groups is 5. The van der Waals surface area contributed by atoms with Crippen molar-refractivity contribution in [1.82, 2.24) is 25.8 Å². The van der Waals surface area contributed by atoms with Crippen LogP contribution < -0.4 is 16.0 Å². The molecule has 0 aromatic heterocycles. The average molecular weight is 482 g/mol. The van der Waals surface area contributed by atoms with Gasteiger partial charge in [-0.2, -0.15) is 0 Å². The smallest absolute Gasteiger partial charge is 0.262 e. The third-order valence-corrected chi connectivity index (χ3v) is 7.66. The van der Waals surface area contributed by atoms with Crippen molar-refractivity contribution in [3.63, 3.8) is 0 Å². The Morgan fingerprint density at radius 1 is 1.00 bits per heavy atom. The van der Waals surface area contributed by atoms with E-state index in [-0.39, 0.29) is 29.9 Å². The Morgan fingerprint density at radius 3 is 2.43 bits per heavy atom. The summed E-state index contributed by atoms with van der Waals surface area (Å²) in [5.41, 5.74) is 0.693. The van der Waals surface area contributed by atoms with Gasteiger partial charge in [-0.3, -0.25) is 39.5 Å². The van der Waals surface area contributed by atoms with Gasteiger partial charge in [-0.1, -0.05) is 25.3 Å². The van der Waals surface area contributed by atoms with E-state index >= 15 is 0 Å².